The molecule has 0 bridgehead atoms. The Morgan fingerprint density at radius 1 is 1.47 bits per heavy atom. The molecule has 1 atom stereocenters. The second-order valence-corrected chi connectivity index (χ2v) is 4.31. The molecule has 1 fully saturated rings. The lowest BCUT2D eigenvalue weighted by Gasteiger charge is -2.22. The van der Waals surface area contributed by atoms with Crippen molar-refractivity contribution in [1.82, 2.24) is 4.90 Å². The molecule has 1 aromatic carbocycles. The molecule has 2 rings (SSSR count). The van der Waals surface area contributed by atoms with E-state index >= 15 is 0 Å². The summed E-state index contributed by atoms with van der Waals surface area (Å²) in [5.41, 5.74) is 6.13. The van der Waals surface area contributed by atoms with Crippen molar-refractivity contribution < 1.29 is 4.39 Å². The van der Waals surface area contributed by atoms with Gasteiger partial charge in [0.2, 0.25) is 0 Å². The second kappa shape index (κ2) is 3.91. The lowest BCUT2D eigenvalue weighted by molar-refractivity contribution is 0.173. The lowest BCUT2D eigenvalue weighted by atomic mass is 9.90. The fourth-order valence-corrected chi connectivity index (χ4v) is 2.31. The summed E-state index contributed by atoms with van der Waals surface area (Å²) >= 11 is 0. The Kier molecular flexibility index (Phi) is 2.76. The minimum Gasteiger partial charge on any atom is -0.326 e. The van der Waals surface area contributed by atoms with Crippen LogP contribution in [0.25, 0.3) is 0 Å². The maximum Gasteiger partial charge on any atom is 0.150 e. The zero-order valence-corrected chi connectivity index (χ0v) is 9.04. The molecule has 15 heavy (non-hydrogen) atoms. The molecule has 0 radical (unpaired) electrons. The number of nitrogens with two attached hydrogens (primary N) is 1. The van der Waals surface area contributed by atoms with Crippen LogP contribution in [0.2, 0.25) is 0 Å². The molecule has 3 heteroatoms. The summed E-state index contributed by atoms with van der Waals surface area (Å²) in [7, 11) is 1.95. The van der Waals surface area contributed by atoms with Gasteiger partial charge >= 0.3 is 0 Å². The Balaban J connectivity index is 2.36. The van der Waals surface area contributed by atoms with Crippen LogP contribution in [-0.2, 0) is 12.2 Å². The van der Waals surface area contributed by atoms with Gasteiger partial charge in [-0.05, 0) is 24.6 Å². The van der Waals surface area contributed by atoms with E-state index in [1.807, 2.05) is 36.2 Å². The Morgan fingerprint density at radius 2 is 2.20 bits per heavy atom. The molecule has 1 aliphatic heterocycles. The SMILES string of the molecule is CN1CCC(F)(c2ccccc2CN)C1. The largest absolute Gasteiger partial charge is 0.326 e. The van der Waals surface area contributed by atoms with Crippen LogP contribution in [0.3, 0.4) is 0 Å². The number of likely N-dealkylation sites (tertiary alicyclic amines) is 1. The lowest BCUT2D eigenvalue weighted by Crippen LogP contribution is -2.26. The van der Waals surface area contributed by atoms with E-state index in [9.17, 15) is 4.39 Å². The predicted molar refractivity (Wildman–Crippen MR) is 59.2 cm³/mol. The number of likely N-dealkylation sites (N-methyl/N-ethyl adjacent to an activating group) is 1. The van der Waals surface area contributed by atoms with Crippen molar-refractivity contribution >= 4 is 0 Å². The van der Waals surface area contributed by atoms with Gasteiger partial charge in [0.05, 0.1) is 0 Å². The molecule has 1 aliphatic rings. The van der Waals surface area contributed by atoms with E-state index in [1.54, 1.807) is 0 Å². The van der Waals surface area contributed by atoms with E-state index in [4.69, 9.17) is 5.73 Å². The summed E-state index contributed by atoms with van der Waals surface area (Å²) in [5.74, 6) is 0. The molecule has 0 aliphatic carbocycles. The van der Waals surface area contributed by atoms with Gasteiger partial charge in [-0.3, -0.25) is 0 Å². The summed E-state index contributed by atoms with van der Waals surface area (Å²) in [6.07, 6.45) is 0.570. The van der Waals surface area contributed by atoms with E-state index in [0.29, 0.717) is 19.5 Å². The van der Waals surface area contributed by atoms with Crippen molar-refractivity contribution in [2.75, 3.05) is 20.1 Å². The topological polar surface area (TPSA) is 29.3 Å². The van der Waals surface area contributed by atoms with Crippen molar-refractivity contribution in [2.45, 2.75) is 18.6 Å². The van der Waals surface area contributed by atoms with Crippen LogP contribution in [0.1, 0.15) is 17.5 Å². The Bertz CT molecular complexity index is 353. The fourth-order valence-electron chi connectivity index (χ4n) is 2.31. The van der Waals surface area contributed by atoms with Gasteiger partial charge in [-0.15, -0.1) is 0 Å². The van der Waals surface area contributed by atoms with Gasteiger partial charge in [-0.2, -0.15) is 0 Å². The highest BCUT2D eigenvalue weighted by Crippen LogP contribution is 2.37. The number of nitrogens with zero attached hydrogens (tertiary/aromatic N) is 1. The maximum atomic E-state index is 14.6. The van der Waals surface area contributed by atoms with Crippen LogP contribution in [0.5, 0.6) is 0 Å². The molecule has 82 valence electrons. The predicted octanol–water partition coefficient (Wildman–Crippen LogP) is 1.65. The minimum atomic E-state index is -1.20. The molecule has 1 aromatic rings. The Hall–Kier alpha value is -0.930. The average Bonchev–Trinajstić information content (AvgIpc) is 2.60. The first kappa shape index (κ1) is 10.6. The van der Waals surface area contributed by atoms with E-state index in [-0.39, 0.29) is 0 Å². The Labute approximate surface area is 89.9 Å². The van der Waals surface area contributed by atoms with Crippen LogP contribution in [0.15, 0.2) is 24.3 Å². The first-order valence-corrected chi connectivity index (χ1v) is 5.31. The highest BCUT2D eigenvalue weighted by molar-refractivity contribution is 5.33. The minimum absolute atomic E-state index is 0.408. The molecule has 0 spiro atoms. The highest BCUT2D eigenvalue weighted by atomic mass is 19.1. The smallest absolute Gasteiger partial charge is 0.150 e. The molecule has 0 saturated carbocycles. The third-order valence-electron chi connectivity index (χ3n) is 3.13. The standard InChI is InChI=1S/C12H17FN2/c1-15-7-6-12(13,9-15)11-5-3-2-4-10(11)8-14/h2-5H,6-9,14H2,1H3. The molecule has 1 heterocycles. The van der Waals surface area contributed by atoms with Gasteiger partial charge in [0.25, 0.3) is 0 Å². The third-order valence-corrected chi connectivity index (χ3v) is 3.13. The van der Waals surface area contributed by atoms with E-state index < -0.39 is 5.67 Å². The number of rotatable bonds is 2. The molecule has 1 saturated heterocycles. The number of benzene rings is 1. The van der Waals surface area contributed by atoms with E-state index in [2.05, 4.69) is 0 Å². The zero-order chi connectivity index (χ0) is 10.9. The van der Waals surface area contributed by atoms with Crippen LogP contribution >= 0.6 is 0 Å². The van der Waals surface area contributed by atoms with Crippen molar-refractivity contribution in [3.8, 4) is 0 Å². The second-order valence-electron chi connectivity index (χ2n) is 4.31. The maximum absolute atomic E-state index is 14.6. The molecule has 0 aromatic heterocycles. The molecular weight excluding hydrogens is 191 g/mol. The Morgan fingerprint density at radius 3 is 2.80 bits per heavy atom. The average molecular weight is 208 g/mol. The quantitative estimate of drug-likeness (QED) is 0.800. The summed E-state index contributed by atoms with van der Waals surface area (Å²) in [4.78, 5) is 2.02. The van der Waals surface area contributed by atoms with Gasteiger partial charge in [-0.1, -0.05) is 24.3 Å². The summed E-state index contributed by atoms with van der Waals surface area (Å²) in [6, 6.07) is 7.57. The van der Waals surface area contributed by atoms with E-state index in [1.165, 1.54) is 0 Å². The number of alkyl halides is 1. The number of hydrogen-bond donors (Lipinski definition) is 1. The molecule has 2 nitrogen and oxygen atoms in total. The van der Waals surface area contributed by atoms with Gasteiger partial charge in [-0.25, -0.2) is 4.39 Å². The van der Waals surface area contributed by atoms with Crippen molar-refractivity contribution in [3.63, 3.8) is 0 Å². The third kappa shape index (κ3) is 1.90. The van der Waals surface area contributed by atoms with Crippen LogP contribution in [-0.4, -0.2) is 25.0 Å². The summed E-state index contributed by atoms with van der Waals surface area (Å²) in [5, 5.41) is 0. The molecule has 2 N–H and O–H groups in total. The van der Waals surface area contributed by atoms with Crippen LogP contribution in [0.4, 0.5) is 4.39 Å². The van der Waals surface area contributed by atoms with E-state index in [0.717, 1.165) is 17.7 Å². The number of hydrogen-bond acceptors (Lipinski definition) is 2. The first-order valence-electron chi connectivity index (χ1n) is 5.31. The van der Waals surface area contributed by atoms with Gasteiger partial charge in [0.15, 0.2) is 0 Å². The van der Waals surface area contributed by atoms with Gasteiger partial charge in [0, 0.05) is 19.6 Å². The number of halogens is 1. The zero-order valence-electron chi connectivity index (χ0n) is 9.04. The highest BCUT2D eigenvalue weighted by Gasteiger charge is 2.39. The van der Waals surface area contributed by atoms with Crippen LogP contribution in [0, 0.1) is 0 Å². The van der Waals surface area contributed by atoms with Crippen molar-refractivity contribution in [3.05, 3.63) is 35.4 Å². The monoisotopic (exact) mass is 208 g/mol. The van der Waals surface area contributed by atoms with Crippen LogP contribution < -0.4 is 5.73 Å². The summed E-state index contributed by atoms with van der Waals surface area (Å²) in [6.45, 7) is 1.70. The van der Waals surface area contributed by atoms with Crippen molar-refractivity contribution in [1.29, 1.82) is 0 Å². The van der Waals surface area contributed by atoms with Crippen molar-refractivity contribution in [2.24, 2.45) is 5.73 Å². The summed E-state index contributed by atoms with van der Waals surface area (Å²) < 4.78 is 14.6. The van der Waals surface area contributed by atoms with Gasteiger partial charge in [0.1, 0.15) is 5.67 Å². The molecular formula is C12H17FN2. The first-order chi connectivity index (χ1) is 7.15. The normalized spacial score (nSPS) is 27.1. The molecule has 0 amide bonds. The molecule has 1 unspecified atom stereocenters. The van der Waals surface area contributed by atoms with Gasteiger partial charge < -0.3 is 10.6 Å². The fraction of sp³-hybridized carbons (Fsp3) is 0.500.